The average molecular weight is 302 g/mol. The van der Waals surface area contributed by atoms with Gasteiger partial charge in [-0.25, -0.2) is 0 Å². The van der Waals surface area contributed by atoms with E-state index in [0.717, 1.165) is 25.7 Å². The van der Waals surface area contributed by atoms with E-state index < -0.39 is 0 Å². The predicted molar refractivity (Wildman–Crippen MR) is 88.5 cm³/mol. The van der Waals surface area contributed by atoms with Crippen LogP contribution in [0.1, 0.15) is 65.4 Å². The first-order chi connectivity index (χ1) is 10.4. The zero-order chi connectivity index (χ0) is 16.0. The molecule has 22 heavy (non-hydrogen) atoms. The minimum Gasteiger partial charge on any atom is -0.472 e. The summed E-state index contributed by atoms with van der Waals surface area (Å²) in [4.78, 5) is 12.3. The van der Waals surface area contributed by atoms with Gasteiger partial charge < -0.3 is 4.42 Å². The third-order valence-corrected chi connectivity index (χ3v) is 7.46. The van der Waals surface area contributed by atoms with Gasteiger partial charge in [-0.15, -0.1) is 0 Å². The number of aryl methyl sites for hydroxylation is 1. The Kier molecular flexibility index (Phi) is 3.99. The van der Waals surface area contributed by atoms with Crippen LogP contribution in [0, 0.1) is 28.6 Å². The van der Waals surface area contributed by atoms with Crippen LogP contribution < -0.4 is 0 Å². The Morgan fingerprint density at radius 2 is 2.00 bits per heavy atom. The third-order valence-electron chi connectivity index (χ3n) is 7.46. The van der Waals surface area contributed by atoms with E-state index in [1.165, 1.54) is 18.4 Å². The van der Waals surface area contributed by atoms with Gasteiger partial charge in [0, 0.05) is 12.8 Å². The van der Waals surface area contributed by atoms with E-state index in [4.69, 9.17) is 4.42 Å². The molecule has 2 aliphatic rings. The van der Waals surface area contributed by atoms with Crippen molar-refractivity contribution in [1.29, 1.82) is 0 Å². The molecule has 122 valence electrons. The summed E-state index contributed by atoms with van der Waals surface area (Å²) in [7, 11) is 0. The van der Waals surface area contributed by atoms with E-state index >= 15 is 0 Å². The quantitative estimate of drug-likeness (QED) is 0.761. The number of ketones is 1. The zero-order valence-electron chi connectivity index (χ0n) is 14.5. The summed E-state index contributed by atoms with van der Waals surface area (Å²) in [6, 6.07) is 2.07. The van der Waals surface area contributed by atoms with Gasteiger partial charge in [-0.3, -0.25) is 4.79 Å². The number of carbonyl (C=O) groups is 1. The fourth-order valence-electron chi connectivity index (χ4n) is 5.34. The largest absolute Gasteiger partial charge is 0.472 e. The van der Waals surface area contributed by atoms with Crippen molar-refractivity contribution in [3.8, 4) is 0 Å². The molecule has 5 unspecified atom stereocenters. The topological polar surface area (TPSA) is 30.2 Å². The van der Waals surface area contributed by atoms with Gasteiger partial charge in [0.1, 0.15) is 5.78 Å². The fraction of sp³-hybridized carbons (Fsp3) is 0.750. The molecule has 1 heterocycles. The number of carbonyl (C=O) groups excluding carboxylic acids is 1. The number of hydrogen-bond donors (Lipinski definition) is 0. The highest BCUT2D eigenvalue weighted by Crippen LogP contribution is 2.62. The molecule has 0 bridgehead atoms. The molecule has 0 aliphatic heterocycles. The highest BCUT2D eigenvalue weighted by atomic mass is 16.3. The van der Waals surface area contributed by atoms with E-state index in [1.54, 1.807) is 6.26 Å². The lowest BCUT2D eigenvalue weighted by Gasteiger charge is -2.60. The van der Waals surface area contributed by atoms with Gasteiger partial charge in [0.25, 0.3) is 0 Å². The summed E-state index contributed by atoms with van der Waals surface area (Å²) in [5, 5.41) is 0. The standard InChI is InChI=1S/C20H30O2/c1-14-5-8-20(4)15(2)11-17(21)12-18(20)19(14,3)9-6-16-7-10-22-13-16/h7,10,13-15,18H,5-6,8-9,11-12H2,1-4H3. The third kappa shape index (κ3) is 2.45. The maximum absolute atomic E-state index is 12.3. The maximum atomic E-state index is 12.3. The molecular weight excluding hydrogens is 272 g/mol. The zero-order valence-corrected chi connectivity index (χ0v) is 14.5. The smallest absolute Gasteiger partial charge is 0.133 e. The summed E-state index contributed by atoms with van der Waals surface area (Å²) >= 11 is 0. The molecule has 2 aliphatic carbocycles. The summed E-state index contributed by atoms with van der Waals surface area (Å²) < 4.78 is 5.22. The van der Waals surface area contributed by atoms with Gasteiger partial charge >= 0.3 is 0 Å². The predicted octanol–water partition coefficient (Wildman–Crippen LogP) is 5.27. The number of Topliss-reactive ketones (excluding diaryl/α,β-unsaturated/α-hetero) is 1. The SMILES string of the molecule is CC1CCC2(C)C(C)CC(=O)CC2C1(C)CCc1ccoc1. The molecule has 2 fully saturated rings. The second-order valence-corrected chi connectivity index (χ2v) is 8.48. The summed E-state index contributed by atoms with van der Waals surface area (Å²) in [5.74, 6) is 2.24. The highest BCUT2D eigenvalue weighted by molar-refractivity contribution is 5.80. The second kappa shape index (κ2) is 5.54. The van der Waals surface area contributed by atoms with E-state index in [9.17, 15) is 4.79 Å². The van der Waals surface area contributed by atoms with Gasteiger partial charge in [0.2, 0.25) is 0 Å². The van der Waals surface area contributed by atoms with Crippen LogP contribution in [-0.4, -0.2) is 5.78 Å². The van der Waals surface area contributed by atoms with Crippen molar-refractivity contribution in [2.45, 2.75) is 66.2 Å². The molecule has 5 atom stereocenters. The Morgan fingerprint density at radius 3 is 2.68 bits per heavy atom. The Balaban J connectivity index is 1.87. The maximum Gasteiger partial charge on any atom is 0.133 e. The molecule has 2 saturated carbocycles. The van der Waals surface area contributed by atoms with Crippen LogP contribution in [0.4, 0.5) is 0 Å². The van der Waals surface area contributed by atoms with Crippen LogP contribution in [-0.2, 0) is 11.2 Å². The van der Waals surface area contributed by atoms with Crippen LogP contribution in [0.3, 0.4) is 0 Å². The molecule has 0 amide bonds. The Hall–Kier alpha value is -1.05. The number of rotatable bonds is 3. The minimum absolute atomic E-state index is 0.259. The first-order valence-corrected chi connectivity index (χ1v) is 8.89. The Morgan fingerprint density at radius 1 is 1.23 bits per heavy atom. The van der Waals surface area contributed by atoms with E-state index in [2.05, 4.69) is 33.8 Å². The van der Waals surface area contributed by atoms with Crippen molar-refractivity contribution < 1.29 is 9.21 Å². The summed E-state index contributed by atoms with van der Waals surface area (Å²) in [6.45, 7) is 9.61. The van der Waals surface area contributed by atoms with Gasteiger partial charge in [0.15, 0.2) is 0 Å². The summed E-state index contributed by atoms with van der Waals surface area (Å²) in [6.07, 6.45) is 10.0. The van der Waals surface area contributed by atoms with Crippen LogP contribution in [0.15, 0.2) is 23.0 Å². The van der Waals surface area contributed by atoms with Crippen molar-refractivity contribution in [2.75, 3.05) is 0 Å². The first-order valence-electron chi connectivity index (χ1n) is 8.89. The lowest BCUT2D eigenvalue weighted by molar-refractivity contribution is -0.145. The fourth-order valence-corrected chi connectivity index (χ4v) is 5.34. The van der Waals surface area contributed by atoms with Crippen LogP contribution >= 0.6 is 0 Å². The van der Waals surface area contributed by atoms with Crippen molar-refractivity contribution >= 4 is 5.78 Å². The minimum atomic E-state index is 0.259. The average Bonchev–Trinajstić information content (AvgIpc) is 2.98. The van der Waals surface area contributed by atoms with Gasteiger partial charge in [0.05, 0.1) is 12.5 Å². The van der Waals surface area contributed by atoms with Crippen molar-refractivity contribution in [3.05, 3.63) is 24.2 Å². The van der Waals surface area contributed by atoms with E-state index in [-0.39, 0.29) is 5.41 Å². The molecule has 2 heteroatoms. The van der Waals surface area contributed by atoms with Crippen LogP contribution in [0.5, 0.6) is 0 Å². The number of hydrogen-bond acceptors (Lipinski definition) is 2. The molecule has 1 aromatic heterocycles. The molecule has 3 rings (SSSR count). The van der Waals surface area contributed by atoms with Crippen molar-refractivity contribution in [1.82, 2.24) is 0 Å². The molecule has 1 aromatic rings. The lowest BCUT2D eigenvalue weighted by atomic mass is 9.44. The van der Waals surface area contributed by atoms with Crippen LogP contribution in [0.2, 0.25) is 0 Å². The molecule has 2 nitrogen and oxygen atoms in total. The molecule has 0 aromatic carbocycles. The molecular formula is C20H30O2. The van der Waals surface area contributed by atoms with Gasteiger partial charge in [-0.2, -0.15) is 0 Å². The first kappa shape index (κ1) is 15.8. The van der Waals surface area contributed by atoms with Gasteiger partial charge in [-0.1, -0.05) is 27.7 Å². The Labute approximate surface area is 134 Å². The van der Waals surface area contributed by atoms with Crippen molar-refractivity contribution in [2.24, 2.45) is 28.6 Å². The molecule has 0 saturated heterocycles. The van der Waals surface area contributed by atoms with Gasteiger partial charge in [-0.05, 0) is 65.9 Å². The lowest BCUT2D eigenvalue weighted by Crippen LogP contribution is -2.54. The normalized spacial score (nSPS) is 42.2. The summed E-state index contributed by atoms with van der Waals surface area (Å²) in [5.41, 5.74) is 1.89. The molecule has 0 spiro atoms. The second-order valence-electron chi connectivity index (χ2n) is 8.48. The number of fused-ring (bicyclic) bond motifs is 1. The highest BCUT2D eigenvalue weighted by Gasteiger charge is 2.56. The van der Waals surface area contributed by atoms with Crippen molar-refractivity contribution in [3.63, 3.8) is 0 Å². The van der Waals surface area contributed by atoms with E-state index in [1.807, 2.05) is 6.26 Å². The molecule has 0 radical (unpaired) electrons. The van der Waals surface area contributed by atoms with Crippen LogP contribution in [0.25, 0.3) is 0 Å². The molecule has 0 N–H and O–H groups in total. The Bertz CT molecular complexity index is 532. The van der Waals surface area contributed by atoms with E-state index in [0.29, 0.717) is 29.0 Å². The monoisotopic (exact) mass is 302 g/mol. The number of furan rings is 1.